The van der Waals surface area contributed by atoms with Crippen LogP contribution in [0.25, 0.3) is 0 Å². The molecular formula is C23H25NO2. The van der Waals surface area contributed by atoms with Gasteiger partial charge in [0.25, 0.3) is 0 Å². The second-order valence-corrected chi connectivity index (χ2v) is 8.47. The van der Waals surface area contributed by atoms with Crippen LogP contribution in [0.5, 0.6) is 0 Å². The van der Waals surface area contributed by atoms with Crippen LogP contribution < -0.4 is 5.32 Å². The first-order valence-corrected chi connectivity index (χ1v) is 9.74. The number of aromatic carboxylic acids is 1. The van der Waals surface area contributed by atoms with Gasteiger partial charge in [0.2, 0.25) is 0 Å². The average Bonchev–Trinajstić information content (AvgIpc) is 3.26. The highest BCUT2D eigenvalue weighted by atomic mass is 16.4. The number of aryl methyl sites for hydroxylation is 2. The third-order valence-electron chi connectivity index (χ3n) is 7.19. The van der Waals surface area contributed by atoms with Crippen molar-refractivity contribution in [2.45, 2.75) is 45.1 Å². The predicted octanol–water partition coefficient (Wildman–Crippen LogP) is 5.30. The zero-order valence-electron chi connectivity index (χ0n) is 15.3. The van der Waals surface area contributed by atoms with E-state index >= 15 is 0 Å². The zero-order valence-corrected chi connectivity index (χ0v) is 15.3. The number of hydrogen-bond donors (Lipinski definition) is 2. The van der Waals surface area contributed by atoms with Gasteiger partial charge in [-0.15, -0.1) is 0 Å². The first-order chi connectivity index (χ1) is 12.5. The van der Waals surface area contributed by atoms with Crippen molar-refractivity contribution in [3.8, 4) is 0 Å². The number of carboxylic acids is 1. The van der Waals surface area contributed by atoms with E-state index in [0.717, 1.165) is 11.8 Å². The molecule has 26 heavy (non-hydrogen) atoms. The summed E-state index contributed by atoms with van der Waals surface area (Å²) >= 11 is 0. The summed E-state index contributed by atoms with van der Waals surface area (Å²) in [5.74, 6) is 2.01. The van der Waals surface area contributed by atoms with Crippen LogP contribution in [0.15, 0.2) is 36.4 Å². The van der Waals surface area contributed by atoms with Crippen molar-refractivity contribution in [3.05, 3.63) is 64.2 Å². The maximum Gasteiger partial charge on any atom is 0.335 e. The molecule has 2 aliphatic carbocycles. The summed E-state index contributed by atoms with van der Waals surface area (Å²) in [5.41, 5.74) is 7.21. The number of anilines is 1. The summed E-state index contributed by atoms with van der Waals surface area (Å²) in [6, 6.07) is 12.3. The van der Waals surface area contributed by atoms with Gasteiger partial charge in [0.05, 0.1) is 11.6 Å². The Balaban J connectivity index is 1.63. The lowest BCUT2D eigenvalue weighted by Crippen LogP contribution is -2.36. The Morgan fingerprint density at radius 2 is 1.69 bits per heavy atom. The number of carbonyl (C=O) groups is 1. The second kappa shape index (κ2) is 5.60. The SMILES string of the molecule is Cc1ccc(C)c2c1NC(c1ccc(C(=O)O)cc1)C1C3CCC(C3)C21. The molecule has 1 aliphatic heterocycles. The van der Waals surface area contributed by atoms with Gasteiger partial charge in [0.1, 0.15) is 0 Å². The van der Waals surface area contributed by atoms with Crippen LogP contribution in [-0.2, 0) is 0 Å². The lowest BCUT2D eigenvalue weighted by Gasteiger charge is -2.44. The Morgan fingerprint density at radius 3 is 2.42 bits per heavy atom. The standard InChI is InChI=1S/C23H25NO2/c1-12-3-4-13(2)21-18(12)19-16-9-10-17(11-16)20(19)22(24-21)14-5-7-15(8-6-14)23(25)26/h3-8,16-17,19-20,22,24H,9-11H2,1-2H3,(H,25,26). The molecule has 2 N–H and O–H groups in total. The molecule has 0 spiro atoms. The molecule has 0 amide bonds. The van der Waals surface area contributed by atoms with E-state index in [-0.39, 0.29) is 6.04 Å². The highest BCUT2D eigenvalue weighted by Crippen LogP contribution is 2.64. The highest BCUT2D eigenvalue weighted by molar-refractivity contribution is 5.87. The zero-order chi connectivity index (χ0) is 18.0. The Kier molecular flexibility index (Phi) is 3.43. The molecule has 3 heteroatoms. The van der Waals surface area contributed by atoms with E-state index in [0.29, 0.717) is 17.4 Å². The van der Waals surface area contributed by atoms with Crippen molar-refractivity contribution in [2.75, 3.05) is 5.32 Å². The topological polar surface area (TPSA) is 49.3 Å². The van der Waals surface area contributed by atoms with Gasteiger partial charge in [0.15, 0.2) is 0 Å². The summed E-state index contributed by atoms with van der Waals surface area (Å²) in [5, 5.41) is 13.1. The molecule has 0 saturated heterocycles. The van der Waals surface area contributed by atoms with Crippen LogP contribution in [0.4, 0.5) is 5.69 Å². The van der Waals surface area contributed by atoms with E-state index in [1.165, 1.54) is 41.6 Å². The van der Waals surface area contributed by atoms with Crippen LogP contribution in [-0.4, -0.2) is 11.1 Å². The molecule has 3 aliphatic rings. The average molecular weight is 347 g/mol. The fraction of sp³-hybridized carbons (Fsp3) is 0.435. The normalized spacial score (nSPS) is 31.2. The quantitative estimate of drug-likeness (QED) is 0.775. The fourth-order valence-corrected chi connectivity index (χ4v) is 6.09. The van der Waals surface area contributed by atoms with Gasteiger partial charge >= 0.3 is 5.97 Å². The van der Waals surface area contributed by atoms with Crippen LogP contribution in [0, 0.1) is 31.6 Å². The van der Waals surface area contributed by atoms with Crippen molar-refractivity contribution in [1.82, 2.24) is 0 Å². The summed E-state index contributed by atoms with van der Waals surface area (Å²) in [7, 11) is 0. The van der Waals surface area contributed by atoms with Crippen molar-refractivity contribution in [2.24, 2.45) is 17.8 Å². The van der Waals surface area contributed by atoms with Gasteiger partial charge in [-0.2, -0.15) is 0 Å². The molecule has 2 aromatic rings. The molecule has 2 bridgehead atoms. The number of hydrogen-bond acceptors (Lipinski definition) is 2. The monoisotopic (exact) mass is 347 g/mol. The van der Waals surface area contributed by atoms with E-state index in [4.69, 9.17) is 0 Å². The Labute approximate surface area is 154 Å². The molecular weight excluding hydrogens is 322 g/mol. The molecule has 5 atom stereocenters. The Morgan fingerprint density at radius 1 is 1.00 bits per heavy atom. The minimum absolute atomic E-state index is 0.283. The lowest BCUT2D eigenvalue weighted by molar-refractivity contribution is 0.0697. The number of benzene rings is 2. The molecule has 2 saturated carbocycles. The molecule has 0 aromatic heterocycles. The summed E-state index contributed by atoms with van der Waals surface area (Å²) in [4.78, 5) is 11.2. The van der Waals surface area contributed by atoms with E-state index < -0.39 is 5.97 Å². The summed E-state index contributed by atoms with van der Waals surface area (Å²) in [6.45, 7) is 4.45. The van der Waals surface area contributed by atoms with E-state index in [2.05, 4.69) is 31.3 Å². The van der Waals surface area contributed by atoms with Crippen LogP contribution in [0.2, 0.25) is 0 Å². The van der Waals surface area contributed by atoms with Crippen molar-refractivity contribution >= 4 is 11.7 Å². The highest BCUT2D eigenvalue weighted by Gasteiger charge is 2.54. The smallest absolute Gasteiger partial charge is 0.335 e. The maximum absolute atomic E-state index is 11.2. The number of carboxylic acid groups (broad SMARTS) is 1. The third kappa shape index (κ3) is 2.16. The maximum atomic E-state index is 11.2. The minimum atomic E-state index is -0.859. The molecule has 2 aromatic carbocycles. The molecule has 5 unspecified atom stereocenters. The van der Waals surface area contributed by atoms with Gasteiger partial charge in [-0.05, 0) is 91.2 Å². The van der Waals surface area contributed by atoms with E-state index in [9.17, 15) is 9.90 Å². The van der Waals surface area contributed by atoms with Crippen molar-refractivity contribution in [1.29, 1.82) is 0 Å². The number of fused-ring (bicyclic) bond motifs is 7. The Hall–Kier alpha value is -2.29. The minimum Gasteiger partial charge on any atom is -0.478 e. The van der Waals surface area contributed by atoms with Gasteiger partial charge in [-0.25, -0.2) is 4.79 Å². The van der Waals surface area contributed by atoms with Crippen molar-refractivity contribution in [3.63, 3.8) is 0 Å². The van der Waals surface area contributed by atoms with Crippen LogP contribution in [0.3, 0.4) is 0 Å². The van der Waals surface area contributed by atoms with E-state index in [1.54, 1.807) is 17.7 Å². The molecule has 5 rings (SSSR count). The first-order valence-electron chi connectivity index (χ1n) is 9.74. The van der Waals surface area contributed by atoms with Gasteiger partial charge in [0, 0.05) is 5.69 Å². The molecule has 134 valence electrons. The molecule has 0 radical (unpaired) electrons. The number of rotatable bonds is 2. The molecule has 1 heterocycles. The van der Waals surface area contributed by atoms with Gasteiger partial charge in [-0.1, -0.05) is 24.3 Å². The lowest BCUT2D eigenvalue weighted by atomic mass is 9.67. The largest absolute Gasteiger partial charge is 0.478 e. The number of nitrogens with one attached hydrogen (secondary N) is 1. The fourth-order valence-electron chi connectivity index (χ4n) is 6.09. The van der Waals surface area contributed by atoms with Crippen LogP contribution >= 0.6 is 0 Å². The third-order valence-corrected chi connectivity index (χ3v) is 7.19. The van der Waals surface area contributed by atoms with E-state index in [1.807, 2.05) is 12.1 Å². The molecule has 3 nitrogen and oxygen atoms in total. The van der Waals surface area contributed by atoms with Crippen molar-refractivity contribution < 1.29 is 9.90 Å². The van der Waals surface area contributed by atoms with Gasteiger partial charge in [-0.3, -0.25) is 0 Å². The summed E-state index contributed by atoms with van der Waals surface area (Å²) in [6.07, 6.45) is 4.06. The summed E-state index contributed by atoms with van der Waals surface area (Å²) < 4.78 is 0. The van der Waals surface area contributed by atoms with Crippen LogP contribution in [0.1, 0.15) is 63.8 Å². The van der Waals surface area contributed by atoms with Gasteiger partial charge < -0.3 is 10.4 Å². The first kappa shape index (κ1) is 15.9. The Bertz CT molecular complexity index is 886. The second-order valence-electron chi connectivity index (χ2n) is 8.47. The molecule has 2 fully saturated rings. The predicted molar refractivity (Wildman–Crippen MR) is 103 cm³/mol.